The van der Waals surface area contributed by atoms with Crippen molar-refractivity contribution in [2.75, 3.05) is 33.7 Å². The molecule has 23 heavy (non-hydrogen) atoms. The van der Waals surface area contributed by atoms with Crippen molar-refractivity contribution < 1.29 is 4.79 Å². The van der Waals surface area contributed by atoms with Gasteiger partial charge in [-0.2, -0.15) is 5.10 Å². The second kappa shape index (κ2) is 6.80. The minimum absolute atomic E-state index is 0.0610. The first-order chi connectivity index (χ1) is 11.0. The summed E-state index contributed by atoms with van der Waals surface area (Å²) in [6, 6.07) is 0. The third-order valence-corrected chi connectivity index (χ3v) is 5.30. The highest BCUT2D eigenvalue weighted by Gasteiger charge is 2.22. The van der Waals surface area contributed by atoms with Crippen molar-refractivity contribution in [3.63, 3.8) is 0 Å². The van der Waals surface area contributed by atoms with E-state index < -0.39 is 0 Å². The molecule has 0 saturated carbocycles. The molecule has 2 aromatic heterocycles. The Bertz CT molecular complexity index is 680. The van der Waals surface area contributed by atoms with Gasteiger partial charge in [0.2, 0.25) is 0 Å². The fourth-order valence-corrected chi connectivity index (χ4v) is 4.00. The zero-order valence-electron chi connectivity index (χ0n) is 13.9. The summed E-state index contributed by atoms with van der Waals surface area (Å²) in [5.41, 5.74) is 0.952. The van der Waals surface area contributed by atoms with Crippen molar-refractivity contribution >= 4 is 17.2 Å². The number of aromatic nitrogens is 3. The van der Waals surface area contributed by atoms with Gasteiger partial charge in [0.05, 0.1) is 12.4 Å². The second-order valence-electron chi connectivity index (χ2n) is 6.39. The van der Waals surface area contributed by atoms with Crippen LogP contribution in [0, 0.1) is 5.92 Å². The monoisotopic (exact) mass is 333 g/mol. The summed E-state index contributed by atoms with van der Waals surface area (Å²) in [4.78, 5) is 21.9. The van der Waals surface area contributed by atoms with Crippen molar-refractivity contribution in [2.45, 2.75) is 12.8 Å². The Balaban J connectivity index is 1.64. The molecule has 0 radical (unpaired) electrons. The maximum atomic E-state index is 12.6. The predicted molar refractivity (Wildman–Crippen MR) is 91.5 cm³/mol. The highest BCUT2D eigenvalue weighted by atomic mass is 32.1. The van der Waals surface area contributed by atoms with Crippen LogP contribution in [0.15, 0.2) is 18.6 Å². The number of likely N-dealkylation sites (tertiary alicyclic amines) is 1. The quantitative estimate of drug-likeness (QED) is 0.858. The minimum atomic E-state index is 0.0610. The number of amides is 1. The van der Waals surface area contributed by atoms with Crippen LogP contribution in [0.5, 0.6) is 0 Å². The molecule has 1 atom stereocenters. The molecule has 0 bridgehead atoms. The topological polar surface area (TPSA) is 54.3 Å². The van der Waals surface area contributed by atoms with Crippen LogP contribution in [-0.2, 0) is 7.05 Å². The SMILES string of the molecule is CN1CCCC(CN(C)C(=O)c2cnc(-c3cnn(C)c3)s2)C1. The fraction of sp³-hybridized carbons (Fsp3) is 0.562. The van der Waals surface area contributed by atoms with Crippen molar-refractivity contribution in [3.05, 3.63) is 23.5 Å². The normalized spacial score (nSPS) is 19.0. The summed E-state index contributed by atoms with van der Waals surface area (Å²) in [6.45, 7) is 3.04. The van der Waals surface area contributed by atoms with Gasteiger partial charge in [0.1, 0.15) is 9.88 Å². The first-order valence-electron chi connectivity index (χ1n) is 7.92. The Kier molecular flexibility index (Phi) is 4.77. The molecule has 3 rings (SSSR count). The van der Waals surface area contributed by atoms with Gasteiger partial charge in [-0.3, -0.25) is 9.48 Å². The number of thiazole rings is 1. The average molecular weight is 333 g/mol. The van der Waals surface area contributed by atoms with E-state index in [0.717, 1.165) is 30.2 Å². The molecule has 124 valence electrons. The van der Waals surface area contributed by atoms with E-state index in [0.29, 0.717) is 10.8 Å². The van der Waals surface area contributed by atoms with Crippen LogP contribution in [0.1, 0.15) is 22.5 Å². The molecule has 2 aromatic rings. The first-order valence-corrected chi connectivity index (χ1v) is 8.73. The second-order valence-corrected chi connectivity index (χ2v) is 7.42. The Morgan fingerprint density at radius 3 is 2.96 bits per heavy atom. The van der Waals surface area contributed by atoms with Gasteiger partial charge in [0, 0.05) is 38.9 Å². The van der Waals surface area contributed by atoms with Crippen molar-refractivity contribution in [3.8, 4) is 10.6 Å². The lowest BCUT2D eigenvalue weighted by atomic mass is 9.98. The number of hydrogen-bond donors (Lipinski definition) is 0. The zero-order chi connectivity index (χ0) is 16.4. The fourth-order valence-electron chi connectivity index (χ4n) is 3.12. The summed E-state index contributed by atoms with van der Waals surface area (Å²) in [5.74, 6) is 0.624. The molecule has 1 fully saturated rings. The number of nitrogens with zero attached hydrogens (tertiary/aromatic N) is 5. The lowest BCUT2D eigenvalue weighted by molar-refractivity contribution is 0.0745. The number of carbonyl (C=O) groups is 1. The lowest BCUT2D eigenvalue weighted by Crippen LogP contribution is -2.39. The summed E-state index contributed by atoms with van der Waals surface area (Å²) in [6.07, 6.45) is 7.78. The van der Waals surface area contributed by atoms with E-state index in [2.05, 4.69) is 22.0 Å². The van der Waals surface area contributed by atoms with Gasteiger partial charge in [-0.15, -0.1) is 11.3 Å². The minimum Gasteiger partial charge on any atom is -0.341 e. The van der Waals surface area contributed by atoms with Crippen LogP contribution < -0.4 is 0 Å². The number of carbonyl (C=O) groups excluding carboxylic acids is 1. The van der Waals surface area contributed by atoms with Gasteiger partial charge in [-0.05, 0) is 32.4 Å². The molecule has 0 aromatic carbocycles. The van der Waals surface area contributed by atoms with E-state index in [1.807, 2.05) is 25.2 Å². The summed E-state index contributed by atoms with van der Waals surface area (Å²) in [7, 11) is 5.91. The van der Waals surface area contributed by atoms with Crippen LogP contribution in [0.4, 0.5) is 0 Å². The van der Waals surface area contributed by atoms with E-state index in [4.69, 9.17) is 0 Å². The molecule has 1 unspecified atom stereocenters. The maximum absolute atomic E-state index is 12.6. The summed E-state index contributed by atoms with van der Waals surface area (Å²) in [5, 5.41) is 4.99. The van der Waals surface area contributed by atoms with Gasteiger partial charge in [-0.1, -0.05) is 0 Å². The molecule has 1 aliphatic heterocycles. The van der Waals surface area contributed by atoms with Crippen LogP contribution >= 0.6 is 11.3 Å². The molecule has 1 amide bonds. The Labute approximate surface area is 140 Å². The van der Waals surface area contributed by atoms with Crippen molar-refractivity contribution in [2.24, 2.45) is 13.0 Å². The van der Waals surface area contributed by atoms with Gasteiger partial charge >= 0.3 is 0 Å². The molecule has 1 saturated heterocycles. The summed E-state index contributed by atoms with van der Waals surface area (Å²) < 4.78 is 1.74. The summed E-state index contributed by atoms with van der Waals surface area (Å²) >= 11 is 1.43. The van der Waals surface area contributed by atoms with E-state index in [1.54, 1.807) is 17.1 Å². The van der Waals surface area contributed by atoms with E-state index in [9.17, 15) is 4.79 Å². The van der Waals surface area contributed by atoms with Gasteiger partial charge < -0.3 is 9.80 Å². The lowest BCUT2D eigenvalue weighted by Gasteiger charge is -2.32. The number of hydrogen-bond acceptors (Lipinski definition) is 5. The maximum Gasteiger partial charge on any atom is 0.265 e. The van der Waals surface area contributed by atoms with Crippen molar-refractivity contribution in [1.29, 1.82) is 0 Å². The average Bonchev–Trinajstić information content (AvgIpc) is 3.15. The zero-order valence-corrected chi connectivity index (χ0v) is 14.7. The smallest absolute Gasteiger partial charge is 0.265 e. The number of rotatable bonds is 4. The van der Waals surface area contributed by atoms with Gasteiger partial charge in [0.15, 0.2) is 0 Å². The Morgan fingerprint density at radius 2 is 2.26 bits per heavy atom. The largest absolute Gasteiger partial charge is 0.341 e. The van der Waals surface area contributed by atoms with Crippen LogP contribution in [0.25, 0.3) is 10.6 Å². The van der Waals surface area contributed by atoms with Gasteiger partial charge in [0.25, 0.3) is 5.91 Å². The van der Waals surface area contributed by atoms with Crippen LogP contribution in [-0.4, -0.2) is 64.2 Å². The molecule has 0 aliphatic carbocycles. The third kappa shape index (κ3) is 3.79. The molecule has 1 aliphatic rings. The molecule has 0 spiro atoms. The predicted octanol–water partition coefficient (Wildman–Crippen LogP) is 1.96. The molecule has 7 heteroatoms. The standard InChI is InChI=1S/C16H23N5OS/c1-19-6-4-5-12(9-19)10-20(2)16(22)14-8-17-15(23-14)13-7-18-21(3)11-13/h7-8,11-12H,4-6,9-10H2,1-3H3. The molecule has 6 nitrogen and oxygen atoms in total. The van der Waals surface area contributed by atoms with E-state index in [-0.39, 0.29) is 5.91 Å². The molecular formula is C16H23N5OS. The molecule has 0 N–H and O–H groups in total. The van der Waals surface area contributed by atoms with E-state index in [1.165, 1.54) is 24.2 Å². The molecule has 3 heterocycles. The van der Waals surface area contributed by atoms with E-state index >= 15 is 0 Å². The number of aryl methyl sites for hydroxylation is 1. The first kappa shape index (κ1) is 16.1. The highest BCUT2D eigenvalue weighted by molar-refractivity contribution is 7.16. The Hall–Kier alpha value is -1.73. The molecular weight excluding hydrogens is 310 g/mol. The number of piperidine rings is 1. The van der Waals surface area contributed by atoms with Crippen LogP contribution in [0.3, 0.4) is 0 Å². The highest BCUT2D eigenvalue weighted by Crippen LogP contribution is 2.25. The van der Waals surface area contributed by atoms with Gasteiger partial charge in [-0.25, -0.2) is 4.98 Å². The van der Waals surface area contributed by atoms with Crippen LogP contribution in [0.2, 0.25) is 0 Å². The van der Waals surface area contributed by atoms with Crippen molar-refractivity contribution in [1.82, 2.24) is 24.6 Å². The third-order valence-electron chi connectivity index (χ3n) is 4.27. The Morgan fingerprint density at radius 1 is 1.43 bits per heavy atom.